The van der Waals surface area contributed by atoms with Crippen LogP contribution >= 0.6 is 0 Å². The Hall–Kier alpha value is -6.15. The van der Waals surface area contributed by atoms with Crippen molar-refractivity contribution in [2.24, 2.45) is 0 Å². The second-order valence-corrected chi connectivity index (χ2v) is 17.6. The van der Waals surface area contributed by atoms with Gasteiger partial charge in [-0.05, 0) is 60.7 Å². The number of aromatic amines is 1. The summed E-state index contributed by atoms with van der Waals surface area (Å²) in [5.41, 5.74) is -2.18. The Kier molecular flexibility index (Phi) is 10.3. The van der Waals surface area contributed by atoms with Gasteiger partial charge in [-0.15, -0.1) is 0 Å². The molecule has 58 heavy (non-hydrogen) atoms. The van der Waals surface area contributed by atoms with E-state index in [2.05, 4.69) is 10.3 Å². The van der Waals surface area contributed by atoms with E-state index in [0.717, 1.165) is 24.3 Å². The lowest BCUT2D eigenvalue weighted by atomic mass is 9.80. The molecule has 0 atom stereocenters. The third kappa shape index (κ3) is 7.63. The number of hydrogen-bond donors (Lipinski definition) is 5. The van der Waals surface area contributed by atoms with Gasteiger partial charge in [0.2, 0.25) is 0 Å². The molecule has 1 aliphatic carbocycles. The predicted molar refractivity (Wildman–Crippen MR) is 211 cm³/mol. The van der Waals surface area contributed by atoms with Crippen LogP contribution in [0.2, 0.25) is 0 Å². The van der Waals surface area contributed by atoms with E-state index in [1.807, 2.05) is 0 Å². The fraction of sp³-hybridized carbons (Fsp3) is 0.100. The smallest absolute Gasteiger partial charge is 0.296 e. The number of benzene rings is 5. The third-order valence-corrected chi connectivity index (χ3v) is 12.3. The van der Waals surface area contributed by atoms with Crippen molar-refractivity contribution in [3.8, 4) is 11.1 Å². The van der Waals surface area contributed by atoms with Gasteiger partial charge in [0.25, 0.3) is 35.9 Å². The van der Waals surface area contributed by atoms with E-state index < -0.39 is 79.0 Å². The minimum absolute atomic E-state index is 0.00915. The van der Waals surface area contributed by atoms with Gasteiger partial charge in [-0.25, -0.2) is 0 Å². The van der Waals surface area contributed by atoms with E-state index >= 15 is 0 Å². The maximum absolute atomic E-state index is 14.4. The Morgan fingerprint density at radius 2 is 1.28 bits per heavy atom. The molecule has 0 radical (unpaired) electrons. The zero-order valence-corrected chi connectivity index (χ0v) is 32.2. The first-order valence-corrected chi connectivity index (χ1v) is 21.6. The molecule has 1 aromatic heterocycles. The number of H-pyrrole nitrogens is 1. The van der Waals surface area contributed by atoms with Crippen LogP contribution in [-0.2, 0) is 36.8 Å². The molecule has 5 N–H and O–H groups in total. The fourth-order valence-corrected chi connectivity index (χ4v) is 8.86. The molecular weight excluding hydrogens is 813 g/mol. The normalized spacial score (nSPS) is 12.6. The van der Waals surface area contributed by atoms with Gasteiger partial charge in [-0.2, -0.15) is 25.3 Å². The molecule has 6 aromatic rings. The number of pyridine rings is 1. The number of aromatic nitrogens is 1. The number of carbonyl (C=O) groups excluding carboxylic acids is 3. The predicted octanol–water partition coefficient (Wildman–Crippen LogP) is 6.05. The first kappa shape index (κ1) is 40.1. The monoisotopic (exact) mass is 842 g/mol. The van der Waals surface area contributed by atoms with Crippen molar-refractivity contribution in [3.63, 3.8) is 0 Å². The van der Waals surface area contributed by atoms with Gasteiger partial charge in [0.15, 0.2) is 17.3 Å². The van der Waals surface area contributed by atoms with Gasteiger partial charge in [-0.1, -0.05) is 72.8 Å². The summed E-state index contributed by atoms with van der Waals surface area (Å²) < 4.78 is 104. The van der Waals surface area contributed by atoms with Crippen LogP contribution in [0.5, 0.6) is 0 Å². The number of ketones is 3. The highest BCUT2D eigenvalue weighted by atomic mass is 32.2. The Labute approximate surface area is 330 Å². The average molecular weight is 843 g/mol. The molecule has 15 nitrogen and oxygen atoms in total. The third-order valence-electron chi connectivity index (χ3n) is 9.63. The molecule has 0 fully saturated rings. The molecule has 0 unspecified atom stereocenters. The first-order chi connectivity index (χ1) is 27.3. The molecule has 0 saturated carbocycles. The number of Topliss-reactive ketones (excluding diaryl/α,β-unsaturated/α-hetero) is 1. The van der Waals surface area contributed by atoms with E-state index in [1.54, 1.807) is 24.3 Å². The molecule has 5 aromatic carbocycles. The van der Waals surface area contributed by atoms with E-state index in [9.17, 15) is 58.1 Å². The van der Waals surface area contributed by atoms with Crippen LogP contribution in [-0.4, -0.2) is 61.2 Å². The fourth-order valence-electron chi connectivity index (χ4n) is 7.03. The Balaban J connectivity index is 1.33. The maximum atomic E-state index is 14.4. The summed E-state index contributed by atoms with van der Waals surface area (Å²) in [6.45, 7) is 0. The zero-order chi connectivity index (χ0) is 41.7. The Morgan fingerprint density at radius 1 is 0.621 bits per heavy atom. The van der Waals surface area contributed by atoms with Crippen LogP contribution in [0.3, 0.4) is 0 Å². The van der Waals surface area contributed by atoms with Crippen molar-refractivity contribution < 1.29 is 53.3 Å². The number of hydrogen-bond acceptors (Lipinski definition) is 11. The van der Waals surface area contributed by atoms with Crippen molar-refractivity contribution in [3.05, 3.63) is 147 Å². The second-order valence-electron chi connectivity index (χ2n) is 13.4. The number of unbranched alkanes of at least 4 members (excludes halogenated alkanes) is 1. The number of anilines is 2. The number of nitrogens with one attached hydrogen (secondary N) is 2. The van der Waals surface area contributed by atoms with E-state index in [0.29, 0.717) is 18.4 Å². The molecule has 18 heteroatoms. The van der Waals surface area contributed by atoms with Crippen molar-refractivity contribution in [1.82, 2.24) is 4.98 Å². The van der Waals surface area contributed by atoms with Crippen LogP contribution in [0.25, 0.3) is 22.0 Å². The lowest BCUT2D eigenvalue weighted by molar-refractivity contribution is 0.0977. The lowest BCUT2D eigenvalue weighted by Gasteiger charge is -2.25. The molecule has 1 heterocycles. The Bertz CT molecular complexity index is 3140. The molecule has 296 valence electrons. The van der Waals surface area contributed by atoms with Crippen molar-refractivity contribution in [2.45, 2.75) is 40.4 Å². The summed E-state index contributed by atoms with van der Waals surface area (Å²) in [5.74, 6) is -1.86. The van der Waals surface area contributed by atoms with Gasteiger partial charge in [0, 0.05) is 34.1 Å². The molecule has 0 aliphatic heterocycles. The highest BCUT2D eigenvalue weighted by Gasteiger charge is 2.36. The highest BCUT2D eigenvalue weighted by Crippen LogP contribution is 2.46. The quantitative estimate of drug-likeness (QED) is 0.0503. The SMILES string of the molecule is O=C(CCCCc1ccc(S(=O)(=O)O)c(Nc2cc(S(=O)(=O)O)c3[nH]c(=O)c(C(=O)c4ccccc4)c4c3c2C(=O)c2ccccc2-4)c1)c1cccc(S(=O)(=O)O)c1. The average Bonchev–Trinajstić information content (AvgIpc) is 3.17. The van der Waals surface area contributed by atoms with E-state index in [-0.39, 0.29) is 63.0 Å². The van der Waals surface area contributed by atoms with Crippen molar-refractivity contribution >= 4 is 70.0 Å². The highest BCUT2D eigenvalue weighted by molar-refractivity contribution is 7.86. The first-order valence-electron chi connectivity index (χ1n) is 17.3. The van der Waals surface area contributed by atoms with Crippen LogP contribution in [0.15, 0.2) is 123 Å². The van der Waals surface area contributed by atoms with E-state index in [4.69, 9.17) is 0 Å². The summed E-state index contributed by atoms with van der Waals surface area (Å²) >= 11 is 0. The molecule has 0 saturated heterocycles. The van der Waals surface area contributed by atoms with Crippen molar-refractivity contribution in [2.75, 3.05) is 5.32 Å². The number of carbonyl (C=O) groups is 3. The number of fused-ring (bicyclic) bond motifs is 2. The molecule has 0 bridgehead atoms. The minimum atomic E-state index is -5.20. The number of rotatable bonds is 13. The summed E-state index contributed by atoms with van der Waals surface area (Å²) in [6.07, 6.45) is 0.878. The van der Waals surface area contributed by atoms with Gasteiger partial charge in [-0.3, -0.25) is 32.8 Å². The second kappa shape index (κ2) is 15.0. The Morgan fingerprint density at radius 3 is 1.95 bits per heavy atom. The molecule has 7 rings (SSSR count). The van der Waals surface area contributed by atoms with Crippen LogP contribution in [0.1, 0.15) is 67.0 Å². The zero-order valence-electron chi connectivity index (χ0n) is 29.8. The van der Waals surface area contributed by atoms with Crippen LogP contribution in [0.4, 0.5) is 11.4 Å². The molecule has 1 aliphatic rings. The van der Waals surface area contributed by atoms with Gasteiger partial charge < -0.3 is 10.3 Å². The topological polar surface area (TPSA) is 259 Å². The largest absolute Gasteiger partial charge is 0.354 e. The summed E-state index contributed by atoms with van der Waals surface area (Å²) in [6, 6.07) is 23.3. The number of aryl methyl sites for hydroxylation is 1. The van der Waals surface area contributed by atoms with Crippen molar-refractivity contribution in [1.29, 1.82) is 0 Å². The minimum Gasteiger partial charge on any atom is -0.354 e. The van der Waals surface area contributed by atoms with Gasteiger partial charge in [0.05, 0.1) is 32.9 Å². The summed E-state index contributed by atoms with van der Waals surface area (Å²) in [4.78, 5) is 55.3. The molecular formula is C40H30N2O13S3. The van der Waals surface area contributed by atoms with Crippen LogP contribution in [0, 0.1) is 0 Å². The maximum Gasteiger partial charge on any atom is 0.296 e. The summed E-state index contributed by atoms with van der Waals surface area (Å²) in [5, 5.41) is 2.55. The lowest BCUT2D eigenvalue weighted by Crippen LogP contribution is -2.25. The van der Waals surface area contributed by atoms with Crippen LogP contribution < -0.4 is 10.9 Å². The summed E-state index contributed by atoms with van der Waals surface area (Å²) in [7, 11) is -14.7. The molecule has 0 amide bonds. The standard InChI is InChI=1S/C40H30N2O13S3/c43-30(24-12-8-13-25(20-24)56(47,48)49)16-7-4-9-22-17-18-31(57(50,51)52)28(19-22)41-29-21-32(58(53,54)55)37-35-33(26-14-5-6-15-27(26)39(45)34(29)35)36(40(46)42-37)38(44)23-10-2-1-3-11-23/h1-3,5-6,8,10-15,17-21,41H,4,7,9,16H2,(H,42,46)(H,47,48,49)(H,50,51,52)(H,53,54,55). The van der Waals surface area contributed by atoms with Gasteiger partial charge >= 0.3 is 0 Å². The van der Waals surface area contributed by atoms with E-state index in [1.165, 1.54) is 54.6 Å². The molecule has 0 spiro atoms. The van der Waals surface area contributed by atoms with Gasteiger partial charge in [0.1, 0.15) is 9.79 Å².